The van der Waals surface area contributed by atoms with Gasteiger partial charge in [-0.1, -0.05) is 11.3 Å². The first-order chi connectivity index (χ1) is 16.8. The van der Waals surface area contributed by atoms with E-state index in [1.54, 1.807) is 31.2 Å². The topological polar surface area (TPSA) is 104 Å². The van der Waals surface area contributed by atoms with Gasteiger partial charge in [-0.15, -0.1) is 10.2 Å². The molecule has 1 aliphatic rings. The number of hydrogen-bond acceptors (Lipinski definition) is 9. The van der Waals surface area contributed by atoms with Crippen LogP contribution in [0.3, 0.4) is 0 Å². The monoisotopic (exact) mass is 493 g/mol. The van der Waals surface area contributed by atoms with Crippen LogP contribution in [-0.4, -0.2) is 37.4 Å². The van der Waals surface area contributed by atoms with Crippen LogP contribution in [0, 0.1) is 20.8 Å². The van der Waals surface area contributed by atoms with Gasteiger partial charge in [0.1, 0.15) is 10.6 Å². The Balaban J connectivity index is 1.85. The summed E-state index contributed by atoms with van der Waals surface area (Å²) < 4.78 is 22.6. The zero-order chi connectivity index (χ0) is 25.0. The summed E-state index contributed by atoms with van der Waals surface area (Å²) in [6.07, 6.45) is 0. The molecule has 2 aromatic carbocycles. The van der Waals surface area contributed by atoms with E-state index in [9.17, 15) is 9.59 Å². The van der Waals surface area contributed by atoms with E-state index in [0.29, 0.717) is 43.9 Å². The number of fused-ring (bicyclic) bond motifs is 2. The number of ether oxygens (including phenoxy) is 3. The number of amides is 1. The molecular formula is C25H23N3O6S. The predicted molar refractivity (Wildman–Crippen MR) is 131 cm³/mol. The van der Waals surface area contributed by atoms with Crippen LogP contribution >= 0.6 is 11.3 Å². The quantitative estimate of drug-likeness (QED) is 0.404. The van der Waals surface area contributed by atoms with Crippen LogP contribution in [0.5, 0.6) is 17.2 Å². The minimum absolute atomic E-state index is 0.0163. The Labute approximate surface area is 204 Å². The predicted octanol–water partition coefficient (Wildman–Crippen LogP) is 4.35. The van der Waals surface area contributed by atoms with Gasteiger partial charge in [0.2, 0.25) is 16.6 Å². The van der Waals surface area contributed by atoms with E-state index < -0.39 is 11.9 Å². The number of carbonyl (C=O) groups excluding carboxylic acids is 1. The van der Waals surface area contributed by atoms with Crippen LogP contribution in [-0.2, 0) is 0 Å². The number of nitrogens with zero attached hydrogens (tertiary/aromatic N) is 3. The normalized spacial score (nSPS) is 15.0. The highest BCUT2D eigenvalue weighted by Crippen LogP contribution is 2.46. The van der Waals surface area contributed by atoms with Crippen molar-refractivity contribution in [2.24, 2.45) is 0 Å². The van der Waals surface area contributed by atoms with Crippen LogP contribution in [0.1, 0.15) is 43.9 Å². The molecule has 2 aromatic heterocycles. The zero-order valence-corrected chi connectivity index (χ0v) is 20.9. The van der Waals surface area contributed by atoms with Gasteiger partial charge in [-0.2, -0.15) is 0 Å². The lowest BCUT2D eigenvalue weighted by Crippen LogP contribution is -2.29. The second kappa shape index (κ2) is 8.38. The summed E-state index contributed by atoms with van der Waals surface area (Å²) in [6, 6.07) is 6.19. The van der Waals surface area contributed by atoms with Gasteiger partial charge in [0.25, 0.3) is 5.91 Å². The fourth-order valence-corrected chi connectivity index (χ4v) is 5.10. The summed E-state index contributed by atoms with van der Waals surface area (Å²) >= 11 is 1.25. The summed E-state index contributed by atoms with van der Waals surface area (Å²) in [6.45, 7) is 5.66. The highest BCUT2D eigenvalue weighted by Gasteiger charge is 2.45. The smallest absolute Gasteiger partial charge is 0.297 e. The van der Waals surface area contributed by atoms with E-state index in [1.807, 2.05) is 13.8 Å². The lowest BCUT2D eigenvalue weighted by molar-refractivity contribution is 0.0970. The summed E-state index contributed by atoms with van der Waals surface area (Å²) in [5.41, 5.74) is 2.81. The van der Waals surface area contributed by atoms with Crippen molar-refractivity contribution in [2.75, 3.05) is 26.2 Å². The number of aryl methyl sites for hydroxylation is 3. The van der Waals surface area contributed by atoms with E-state index in [0.717, 1.165) is 11.1 Å². The minimum atomic E-state index is -0.833. The molecule has 3 heterocycles. The van der Waals surface area contributed by atoms with Crippen LogP contribution in [0.25, 0.3) is 11.0 Å². The molecule has 0 aliphatic carbocycles. The van der Waals surface area contributed by atoms with Crippen LogP contribution in [0.2, 0.25) is 0 Å². The average Bonchev–Trinajstić information content (AvgIpc) is 3.40. The minimum Gasteiger partial charge on any atom is -0.493 e. The Morgan fingerprint density at radius 1 is 0.914 bits per heavy atom. The third-order valence-corrected chi connectivity index (χ3v) is 7.05. The number of hydrogen-bond donors (Lipinski definition) is 0. The Bertz CT molecular complexity index is 1530. The fraction of sp³-hybridized carbons (Fsp3) is 0.280. The molecule has 1 aliphatic heterocycles. The van der Waals surface area contributed by atoms with Gasteiger partial charge in [0, 0.05) is 0 Å². The largest absolute Gasteiger partial charge is 0.493 e. The molecule has 0 spiro atoms. The van der Waals surface area contributed by atoms with Crippen molar-refractivity contribution >= 4 is 33.3 Å². The van der Waals surface area contributed by atoms with Crippen LogP contribution in [0.4, 0.5) is 5.13 Å². The second-order valence-corrected chi connectivity index (χ2v) is 9.41. The van der Waals surface area contributed by atoms with Crippen molar-refractivity contribution in [3.05, 3.63) is 67.5 Å². The number of benzene rings is 2. The summed E-state index contributed by atoms with van der Waals surface area (Å²) in [4.78, 5) is 29.0. The molecule has 35 heavy (non-hydrogen) atoms. The highest BCUT2D eigenvalue weighted by molar-refractivity contribution is 7.15. The van der Waals surface area contributed by atoms with Gasteiger partial charge >= 0.3 is 0 Å². The molecule has 0 fully saturated rings. The number of carbonyl (C=O) groups is 1. The molecule has 0 saturated heterocycles. The van der Waals surface area contributed by atoms with Gasteiger partial charge in [0.15, 0.2) is 16.9 Å². The van der Waals surface area contributed by atoms with Crippen molar-refractivity contribution in [3.8, 4) is 17.2 Å². The molecule has 1 unspecified atom stereocenters. The van der Waals surface area contributed by atoms with Gasteiger partial charge < -0.3 is 18.6 Å². The molecule has 9 nitrogen and oxygen atoms in total. The third kappa shape index (κ3) is 3.44. The van der Waals surface area contributed by atoms with Crippen LogP contribution in [0.15, 0.2) is 33.5 Å². The summed E-state index contributed by atoms with van der Waals surface area (Å²) in [5, 5.41) is 9.72. The van der Waals surface area contributed by atoms with Gasteiger partial charge in [0.05, 0.1) is 38.3 Å². The lowest BCUT2D eigenvalue weighted by Gasteiger charge is -2.24. The molecule has 1 atom stereocenters. The van der Waals surface area contributed by atoms with Gasteiger partial charge in [-0.3, -0.25) is 14.5 Å². The number of methoxy groups -OCH3 is 3. The molecule has 5 rings (SSSR count). The maximum atomic E-state index is 13.9. The molecule has 0 bridgehead atoms. The fourth-order valence-electron chi connectivity index (χ4n) is 4.38. The molecule has 180 valence electrons. The maximum absolute atomic E-state index is 13.9. The standard InChI is InChI=1S/C25H23N3O6S/c1-11-7-15-16(8-12(11)2)34-23-19(21(15)29)20(28(24(23)30)25-27-26-13(3)35-25)14-9-17(31-4)22(33-6)18(10-14)32-5/h7-10,20H,1-6H3. The Morgan fingerprint density at radius 3 is 2.14 bits per heavy atom. The molecule has 0 N–H and O–H groups in total. The summed E-state index contributed by atoms with van der Waals surface area (Å²) in [5.74, 6) is 0.711. The Hall–Kier alpha value is -3.92. The lowest BCUT2D eigenvalue weighted by atomic mass is 9.97. The van der Waals surface area contributed by atoms with Crippen LogP contribution < -0.4 is 24.5 Å². The van der Waals surface area contributed by atoms with Gasteiger partial charge in [-0.05, 0) is 61.7 Å². The molecule has 0 radical (unpaired) electrons. The first-order valence-electron chi connectivity index (χ1n) is 10.8. The van der Waals surface area contributed by atoms with E-state index in [1.165, 1.54) is 37.6 Å². The summed E-state index contributed by atoms with van der Waals surface area (Å²) in [7, 11) is 4.52. The SMILES string of the molecule is COc1cc(C2c3c(oc4cc(C)c(C)cc4c3=O)C(=O)N2c2nnc(C)s2)cc(OC)c1OC. The molecule has 1 amide bonds. The number of rotatable bonds is 5. The molecule has 0 saturated carbocycles. The van der Waals surface area contributed by atoms with Gasteiger partial charge in [-0.25, -0.2) is 0 Å². The van der Waals surface area contributed by atoms with Crippen molar-refractivity contribution in [1.29, 1.82) is 0 Å². The second-order valence-electron chi connectivity index (χ2n) is 8.25. The van der Waals surface area contributed by atoms with E-state index in [-0.39, 0.29) is 16.8 Å². The first kappa shape index (κ1) is 22.9. The molecule has 4 aromatic rings. The average molecular weight is 494 g/mol. The van der Waals surface area contributed by atoms with Crippen molar-refractivity contribution in [3.63, 3.8) is 0 Å². The molecular weight excluding hydrogens is 470 g/mol. The van der Waals surface area contributed by atoms with Crippen molar-refractivity contribution in [2.45, 2.75) is 26.8 Å². The highest BCUT2D eigenvalue weighted by atomic mass is 32.1. The maximum Gasteiger partial charge on any atom is 0.297 e. The third-order valence-electron chi connectivity index (χ3n) is 6.21. The zero-order valence-electron chi connectivity index (χ0n) is 20.1. The number of aromatic nitrogens is 2. The molecule has 10 heteroatoms. The van der Waals surface area contributed by atoms with Crippen molar-refractivity contribution in [1.82, 2.24) is 10.2 Å². The Morgan fingerprint density at radius 2 is 1.57 bits per heavy atom. The van der Waals surface area contributed by atoms with E-state index in [2.05, 4.69) is 10.2 Å². The van der Waals surface area contributed by atoms with E-state index >= 15 is 0 Å². The Kier molecular flexibility index (Phi) is 5.47. The number of anilines is 1. The first-order valence-corrected chi connectivity index (χ1v) is 11.6. The van der Waals surface area contributed by atoms with E-state index in [4.69, 9.17) is 18.6 Å². The van der Waals surface area contributed by atoms with Crippen molar-refractivity contribution < 1.29 is 23.4 Å².